The van der Waals surface area contributed by atoms with Gasteiger partial charge in [-0.3, -0.25) is 4.79 Å². The molecule has 31 heavy (non-hydrogen) atoms. The molecule has 0 radical (unpaired) electrons. The van der Waals surface area contributed by atoms with Gasteiger partial charge in [0.2, 0.25) is 5.16 Å². The van der Waals surface area contributed by atoms with Gasteiger partial charge in [-0.25, -0.2) is 14.2 Å². The van der Waals surface area contributed by atoms with Crippen LogP contribution in [-0.2, 0) is 11.2 Å². The lowest BCUT2D eigenvalue weighted by molar-refractivity contribution is -0.116. The van der Waals surface area contributed by atoms with E-state index in [0.717, 1.165) is 5.56 Å². The molecule has 0 saturated carbocycles. The molecule has 0 atom stereocenters. The van der Waals surface area contributed by atoms with Crippen molar-refractivity contribution in [3.63, 3.8) is 0 Å². The predicted octanol–water partition coefficient (Wildman–Crippen LogP) is 3.53. The van der Waals surface area contributed by atoms with Crippen LogP contribution in [0.5, 0.6) is 0 Å². The van der Waals surface area contributed by atoms with E-state index in [1.165, 1.54) is 52.0 Å². The maximum Gasteiger partial charge on any atom is 0.335 e. The molecule has 0 aliphatic rings. The van der Waals surface area contributed by atoms with E-state index < -0.39 is 5.97 Å². The van der Waals surface area contributed by atoms with Crippen LogP contribution in [0.1, 0.15) is 15.4 Å². The van der Waals surface area contributed by atoms with Crippen molar-refractivity contribution in [2.24, 2.45) is 0 Å². The molecule has 2 aromatic carbocycles. The van der Waals surface area contributed by atoms with Crippen molar-refractivity contribution in [1.29, 1.82) is 0 Å². The van der Waals surface area contributed by atoms with Gasteiger partial charge in [0.25, 0.3) is 0 Å². The van der Waals surface area contributed by atoms with Crippen LogP contribution in [0.3, 0.4) is 0 Å². The Morgan fingerprint density at radius 1 is 1.10 bits per heavy atom. The number of carboxylic acid groups (broad SMARTS) is 1. The molecule has 0 amide bonds. The molecule has 0 aliphatic carbocycles. The number of halogens is 1. The fraction of sp³-hybridized carbons (Fsp3) is 0.100. The van der Waals surface area contributed by atoms with Gasteiger partial charge >= 0.3 is 5.97 Å². The lowest BCUT2D eigenvalue weighted by atomic mass is 10.2. The second kappa shape index (κ2) is 9.14. The first-order valence-electron chi connectivity index (χ1n) is 8.96. The van der Waals surface area contributed by atoms with E-state index in [4.69, 9.17) is 5.11 Å². The van der Waals surface area contributed by atoms with Gasteiger partial charge in [-0.05, 0) is 59.0 Å². The summed E-state index contributed by atoms with van der Waals surface area (Å²) in [5, 5.41) is 23.4. The highest BCUT2D eigenvalue weighted by atomic mass is 32.2. The van der Waals surface area contributed by atoms with Crippen molar-refractivity contribution in [1.82, 2.24) is 25.2 Å². The number of aromatic nitrogens is 5. The van der Waals surface area contributed by atoms with E-state index in [1.807, 2.05) is 5.38 Å². The second-order valence-electron chi connectivity index (χ2n) is 6.36. The highest BCUT2D eigenvalue weighted by Gasteiger charge is 2.14. The molecule has 4 rings (SSSR count). The SMILES string of the molecule is O=C(CSc1nnnn1-c1ccc(C(=O)O)cc1)Cc1nc(-c2ccc(F)cc2)cs1. The molecule has 4 aromatic rings. The minimum Gasteiger partial charge on any atom is -0.478 e. The third-order valence-electron chi connectivity index (χ3n) is 4.20. The Kier molecular flexibility index (Phi) is 6.14. The van der Waals surface area contributed by atoms with Crippen molar-refractivity contribution in [3.05, 3.63) is 70.3 Å². The third kappa shape index (κ3) is 5.01. The summed E-state index contributed by atoms with van der Waals surface area (Å²) in [5.41, 5.74) is 2.24. The minimum absolute atomic E-state index is 0.0409. The van der Waals surface area contributed by atoms with E-state index in [1.54, 1.807) is 24.3 Å². The number of rotatable bonds is 8. The van der Waals surface area contributed by atoms with Crippen molar-refractivity contribution in [2.75, 3.05) is 5.75 Å². The first-order chi connectivity index (χ1) is 15.0. The summed E-state index contributed by atoms with van der Waals surface area (Å²) in [4.78, 5) is 27.9. The van der Waals surface area contributed by atoms with Crippen LogP contribution in [-0.4, -0.2) is 47.8 Å². The van der Waals surface area contributed by atoms with Crippen molar-refractivity contribution < 1.29 is 19.1 Å². The number of carbonyl (C=O) groups is 2. The lowest BCUT2D eigenvalue weighted by Gasteiger charge is -2.04. The number of Topliss-reactive ketones (excluding diaryl/α,β-unsaturated/α-hetero) is 1. The molecule has 0 unspecified atom stereocenters. The monoisotopic (exact) mass is 455 g/mol. The predicted molar refractivity (Wildman–Crippen MR) is 113 cm³/mol. The summed E-state index contributed by atoms with van der Waals surface area (Å²) in [6, 6.07) is 12.1. The Morgan fingerprint density at radius 2 is 1.84 bits per heavy atom. The lowest BCUT2D eigenvalue weighted by Crippen LogP contribution is -2.07. The van der Waals surface area contributed by atoms with Crippen LogP contribution < -0.4 is 0 Å². The largest absolute Gasteiger partial charge is 0.478 e. The summed E-state index contributed by atoms with van der Waals surface area (Å²) in [5.74, 6) is -1.22. The Labute approximate surface area is 183 Å². The van der Waals surface area contributed by atoms with Crippen LogP contribution in [0.15, 0.2) is 59.1 Å². The van der Waals surface area contributed by atoms with E-state index in [9.17, 15) is 14.0 Å². The average Bonchev–Trinajstić information content (AvgIpc) is 3.42. The highest BCUT2D eigenvalue weighted by molar-refractivity contribution is 7.99. The van der Waals surface area contributed by atoms with Crippen LogP contribution in [0, 0.1) is 5.82 Å². The van der Waals surface area contributed by atoms with Crippen LogP contribution in [0.2, 0.25) is 0 Å². The van der Waals surface area contributed by atoms with E-state index in [0.29, 0.717) is 21.5 Å². The van der Waals surface area contributed by atoms with Crippen LogP contribution in [0.25, 0.3) is 16.9 Å². The summed E-state index contributed by atoms with van der Waals surface area (Å²) in [6.45, 7) is 0. The molecular weight excluding hydrogens is 441 g/mol. The molecule has 0 saturated heterocycles. The fourth-order valence-corrected chi connectivity index (χ4v) is 4.27. The summed E-state index contributed by atoms with van der Waals surface area (Å²) >= 11 is 2.56. The third-order valence-corrected chi connectivity index (χ3v) is 6.03. The van der Waals surface area contributed by atoms with E-state index >= 15 is 0 Å². The van der Waals surface area contributed by atoms with Crippen LogP contribution >= 0.6 is 23.1 Å². The molecule has 8 nitrogen and oxygen atoms in total. The highest BCUT2D eigenvalue weighted by Crippen LogP contribution is 2.24. The first kappa shape index (κ1) is 20.8. The number of aromatic carboxylic acids is 1. The van der Waals surface area contributed by atoms with Gasteiger partial charge in [-0.2, -0.15) is 4.68 Å². The number of hydrogen-bond donors (Lipinski definition) is 1. The van der Waals surface area contributed by atoms with Gasteiger partial charge in [0.15, 0.2) is 0 Å². The number of carboxylic acids is 1. The first-order valence-corrected chi connectivity index (χ1v) is 10.8. The van der Waals surface area contributed by atoms with Gasteiger partial charge in [-0.1, -0.05) is 11.8 Å². The molecule has 2 heterocycles. The van der Waals surface area contributed by atoms with Crippen molar-refractivity contribution in [3.8, 4) is 16.9 Å². The molecule has 11 heteroatoms. The average molecular weight is 455 g/mol. The Morgan fingerprint density at radius 3 is 2.55 bits per heavy atom. The topological polar surface area (TPSA) is 111 Å². The molecule has 0 aliphatic heterocycles. The number of nitrogens with zero attached hydrogens (tertiary/aromatic N) is 5. The molecule has 0 bridgehead atoms. The van der Waals surface area contributed by atoms with Gasteiger partial charge in [0.1, 0.15) is 16.6 Å². The molecule has 2 aromatic heterocycles. The Balaban J connectivity index is 1.37. The zero-order valence-electron chi connectivity index (χ0n) is 15.8. The van der Waals surface area contributed by atoms with E-state index in [2.05, 4.69) is 20.5 Å². The smallest absolute Gasteiger partial charge is 0.335 e. The normalized spacial score (nSPS) is 10.9. The number of hydrogen-bond acceptors (Lipinski definition) is 8. The number of thioether (sulfide) groups is 1. The summed E-state index contributed by atoms with van der Waals surface area (Å²) in [7, 11) is 0. The minimum atomic E-state index is -1.02. The number of carbonyl (C=O) groups excluding carboxylic acids is 1. The van der Waals surface area contributed by atoms with Gasteiger partial charge in [-0.15, -0.1) is 16.4 Å². The zero-order valence-corrected chi connectivity index (χ0v) is 17.4. The number of thiazole rings is 1. The Hall–Kier alpha value is -3.44. The maximum absolute atomic E-state index is 13.1. The number of benzene rings is 2. The van der Waals surface area contributed by atoms with Crippen LogP contribution in [0.4, 0.5) is 4.39 Å². The molecule has 0 spiro atoms. The van der Waals surface area contributed by atoms with Gasteiger partial charge in [0, 0.05) is 10.9 Å². The molecule has 1 N–H and O–H groups in total. The summed E-state index contributed by atoms with van der Waals surface area (Å²) in [6.07, 6.45) is 0.174. The fourth-order valence-electron chi connectivity index (χ4n) is 2.69. The van der Waals surface area contributed by atoms with Gasteiger partial charge < -0.3 is 5.11 Å². The van der Waals surface area contributed by atoms with Crippen molar-refractivity contribution in [2.45, 2.75) is 11.6 Å². The Bertz CT molecular complexity index is 1220. The number of ketones is 1. The van der Waals surface area contributed by atoms with Gasteiger partial charge in [0.05, 0.1) is 29.1 Å². The summed E-state index contributed by atoms with van der Waals surface area (Å²) < 4.78 is 14.5. The molecule has 156 valence electrons. The maximum atomic E-state index is 13.1. The molecule has 0 fully saturated rings. The standard InChI is InChI=1S/C20H14FN5O3S2/c21-14-5-1-12(2-6-14)17-11-30-18(22-17)9-16(27)10-31-20-23-24-25-26(20)15-7-3-13(4-8-15)19(28)29/h1-8,11H,9-10H2,(H,28,29). The quantitative estimate of drug-likeness (QED) is 0.402. The molecular formula is C20H14FN5O3S2. The zero-order chi connectivity index (χ0) is 21.8. The number of tetrazole rings is 1. The second-order valence-corrected chi connectivity index (χ2v) is 8.25. The van der Waals surface area contributed by atoms with E-state index in [-0.39, 0.29) is 29.3 Å². The van der Waals surface area contributed by atoms with Crippen molar-refractivity contribution >= 4 is 34.9 Å².